The number of carboxylic acids is 1. The fraction of sp³-hybridized carbons (Fsp3) is 0.417. The van der Waals surface area contributed by atoms with Gasteiger partial charge in [0.1, 0.15) is 5.82 Å². The Morgan fingerprint density at radius 2 is 2.44 bits per heavy atom. The predicted octanol–water partition coefficient (Wildman–Crippen LogP) is 1.55. The first-order valence-corrected chi connectivity index (χ1v) is 5.84. The van der Waals surface area contributed by atoms with Crippen LogP contribution < -0.4 is 0 Å². The smallest absolute Gasteiger partial charge is 0.338 e. The van der Waals surface area contributed by atoms with Gasteiger partial charge in [-0.25, -0.2) is 14.8 Å². The molecule has 1 aliphatic heterocycles. The Labute approximate surface area is 103 Å². The Hall–Kier alpha value is -1.95. The van der Waals surface area contributed by atoms with Crippen LogP contribution in [0.25, 0.3) is 11.2 Å². The summed E-state index contributed by atoms with van der Waals surface area (Å²) in [5.41, 5.74) is 1.13. The molecule has 2 atom stereocenters. The van der Waals surface area contributed by atoms with E-state index in [-0.39, 0.29) is 17.6 Å². The zero-order valence-electron chi connectivity index (χ0n) is 9.88. The van der Waals surface area contributed by atoms with Gasteiger partial charge in [-0.1, -0.05) is 0 Å². The van der Waals surface area contributed by atoms with Gasteiger partial charge in [0.15, 0.2) is 5.65 Å². The Morgan fingerprint density at radius 3 is 3.11 bits per heavy atom. The minimum absolute atomic E-state index is 0.191. The topological polar surface area (TPSA) is 88.1 Å². The van der Waals surface area contributed by atoms with E-state index in [4.69, 9.17) is 9.84 Å². The van der Waals surface area contributed by atoms with Crippen molar-refractivity contribution < 1.29 is 14.6 Å². The van der Waals surface area contributed by atoms with Gasteiger partial charge in [-0.15, -0.1) is 0 Å². The summed E-state index contributed by atoms with van der Waals surface area (Å²) in [6, 6.07) is 1.47. The predicted molar refractivity (Wildman–Crippen MR) is 63.6 cm³/mol. The van der Waals surface area contributed by atoms with E-state index in [9.17, 15) is 4.79 Å². The van der Waals surface area contributed by atoms with E-state index in [0.29, 0.717) is 17.8 Å². The summed E-state index contributed by atoms with van der Waals surface area (Å²) in [5, 5.41) is 9.10. The van der Waals surface area contributed by atoms with Gasteiger partial charge in [0.05, 0.1) is 23.8 Å². The third-order valence-electron chi connectivity index (χ3n) is 3.23. The molecule has 0 aliphatic carbocycles. The first-order chi connectivity index (χ1) is 8.65. The molecule has 18 heavy (non-hydrogen) atoms. The number of carbonyl (C=O) groups is 1. The van der Waals surface area contributed by atoms with Crippen LogP contribution in [0.15, 0.2) is 12.3 Å². The lowest BCUT2D eigenvalue weighted by Gasteiger charge is -2.01. The van der Waals surface area contributed by atoms with Crippen molar-refractivity contribution in [3.63, 3.8) is 0 Å². The number of aromatic amines is 1. The molecule has 6 heteroatoms. The summed E-state index contributed by atoms with van der Waals surface area (Å²) < 4.78 is 5.50. The van der Waals surface area contributed by atoms with Crippen LogP contribution in [-0.4, -0.2) is 38.7 Å². The second-order valence-corrected chi connectivity index (χ2v) is 4.56. The molecule has 0 bridgehead atoms. The summed E-state index contributed by atoms with van der Waals surface area (Å²) in [7, 11) is 0. The third-order valence-corrected chi connectivity index (χ3v) is 3.23. The molecule has 1 saturated heterocycles. The molecule has 94 valence electrons. The summed E-state index contributed by atoms with van der Waals surface area (Å²) in [4.78, 5) is 22.6. The molecule has 2 aromatic heterocycles. The van der Waals surface area contributed by atoms with E-state index in [2.05, 4.69) is 15.0 Å². The van der Waals surface area contributed by atoms with Crippen LogP contribution in [0.3, 0.4) is 0 Å². The van der Waals surface area contributed by atoms with Crippen molar-refractivity contribution in [2.24, 2.45) is 0 Å². The maximum Gasteiger partial charge on any atom is 0.338 e. The van der Waals surface area contributed by atoms with Crippen LogP contribution in [0.2, 0.25) is 0 Å². The van der Waals surface area contributed by atoms with Crippen LogP contribution in [-0.2, 0) is 4.74 Å². The van der Waals surface area contributed by atoms with Crippen molar-refractivity contribution in [2.45, 2.75) is 25.4 Å². The van der Waals surface area contributed by atoms with Crippen LogP contribution in [0, 0.1) is 0 Å². The molecule has 3 heterocycles. The quantitative estimate of drug-likeness (QED) is 0.840. The molecule has 2 aromatic rings. The molecule has 3 rings (SSSR count). The minimum Gasteiger partial charge on any atom is -0.478 e. The highest BCUT2D eigenvalue weighted by Gasteiger charge is 2.27. The molecule has 2 N–H and O–H groups in total. The zero-order chi connectivity index (χ0) is 12.7. The van der Waals surface area contributed by atoms with Gasteiger partial charge >= 0.3 is 5.97 Å². The molecular weight excluding hydrogens is 234 g/mol. The molecule has 0 amide bonds. The molecule has 0 saturated carbocycles. The second kappa shape index (κ2) is 4.06. The van der Waals surface area contributed by atoms with E-state index in [1.807, 2.05) is 6.92 Å². The first-order valence-electron chi connectivity index (χ1n) is 5.84. The van der Waals surface area contributed by atoms with Crippen molar-refractivity contribution in [3.05, 3.63) is 23.7 Å². The summed E-state index contributed by atoms with van der Waals surface area (Å²) in [5.74, 6) is -0.0277. The van der Waals surface area contributed by atoms with Gasteiger partial charge in [0, 0.05) is 12.1 Å². The van der Waals surface area contributed by atoms with Crippen LogP contribution in [0.1, 0.15) is 35.4 Å². The van der Waals surface area contributed by atoms with Crippen LogP contribution >= 0.6 is 0 Å². The number of hydrogen-bond acceptors (Lipinski definition) is 4. The first kappa shape index (κ1) is 11.2. The largest absolute Gasteiger partial charge is 0.478 e. The van der Waals surface area contributed by atoms with Crippen molar-refractivity contribution in [3.8, 4) is 0 Å². The molecular formula is C12H13N3O3. The van der Waals surface area contributed by atoms with E-state index in [1.165, 1.54) is 12.3 Å². The lowest BCUT2D eigenvalue weighted by Crippen LogP contribution is -2.00. The summed E-state index contributed by atoms with van der Waals surface area (Å²) >= 11 is 0. The average Bonchev–Trinajstić information content (AvgIpc) is 2.93. The number of aromatic nitrogens is 3. The average molecular weight is 247 g/mol. The fourth-order valence-corrected chi connectivity index (χ4v) is 2.31. The Balaban J connectivity index is 2.05. The van der Waals surface area contributed by atoms with Crippen LogP contribution in [0.4, 0.5) is 0 Å². The number of pyridine rings is 1. The Kier molecular flexibility index (Phi) is 2.52. The fourth-order valence-electron chi connectivity index (χ4n) is 2.31. The van der Waals surface area contributed by atoms with Crippen molar-refractivity contribution in [1.82, 2.24) is 15.0 Å². The van der Waals surface area contributed by atoms with Crippen LogP contribution in [0.5, 0.6) is 0 Å². The third kappa shape index (κ3) is 1.74. The monoisotopic (exact) mass is 247 g/mol. The van der Waals surface area contributed by atoms with Crippen molar-refractivity contribution in [2.75, 3.05) is 6.61 Å². The van der Waals surface area contributed by atoms with Gasteiger partial charge < -0.3 is 14.8 Å². The van der Waals surface area contributed by atoms with E-state index >= 15 is 0 Å². The number of ether oxygens (including phenoxy) is 1. The molecule has 0 radical (unpaired) electrons. The number of aromatic carboxylic acids is 1. The highest BCUT2D eigenvalue weighted by Crippen LogP contribution is 2.28. The number of imidazole rings is 1. The van der Waals surface area contributed by atoms with Gasteiger partial charge in [0.25, 0.3) is 0 Å². The SMILES string of the molecule is CC1CC(c2nc3nccc(C(=O)O)c3[nH]2)CO1. The highest BCUT2D eigenvalue weighted by atomic mass is 16.5. The number of H-pyrrole nitrogens is 1. The maximum atomic E-state index is 11.1. The van der Waals surface area contributed by atoms with Crippen molar-refractivity contribution in [1.29, 1.82) is 0 Å². The maximum absolute atomic E-state index is 11.1. The molecule has 6 nitrogen and oxygen atoms in total. The zero-order valence-corrected chi connectivity index (χ0v) is 9.88. The van der Waals surface area contributed by atoms with Gasteiger partial charge in [-0.3, -0.25) is 0 Å². The van der Waals surface area contributed by atoms with E-state index in [1.54, 1.807) is 0 Å². The second-order valence-electron chi connectivity index (χ2n) is 4.56. The molecule has 0 aromatic carbocycles. The Morgan fingerprint density at radius 1 is 1.61 bits per heavy atom. The van der Waals surface area contributed by atoms with Gasteiger partial charge in [0.2, 0.25) is 0 Å². The normalized spacial score (nSPS) is 23.6. The van der Waals surface area contributed by atoms with Gasteiger partial charge in [-0.05, 0) is 19.4 Å². The Bertz CT molecular complexity index is 608. The summed E-state index contributed by atoms with van der Waals surface area (Å²) in [6.07, 6.45) is 2.57. The summed E-state index contributed by atoms with van der Waals surface area (Å²) in [6.45, 7) is 2.63. The number of fused-ring (bicyclic) bond motifs is 1. The minimum atomic E-state index is -0.978. The lowest BCUT2D eigenvalue weighted by atomic mass is 10.1. The van der Waals surface area contributed by atoms with Crippen molar-refractivity contribution >= 4 is 17.1 Å². The molecule has 2 unspecified atom stereocenters. The number of nitrogens with one attached hydrogen (secondary N) is 1. The van der Waals surface area contributed by atoms with Gasteiger partial charge in [-0.2, -0.15) is 0 Å². The lowest BCUT2D eigenvalue weighted by molar-refractivity contribution is 0.0698. The number of hydrogen-bond donors (Lipinski definition) is 2. The molecule has 0 spiro atoms. The number of carboxylic acid groups (broad SMARTS) is 1. The van der Waals surface area contributed by atoms with E-state index < -0.39 is 5.97 Å². The number of rotatable bonds is 2. The molecule has 1 fully saturated rings. The van der Waals surface area contributed by atoms with E-state index in [0.717, 1.165) is 12.2 Å². The number of nitrogens with zero attached hydrogens (tertiary/aromatic N) is 2. The molecule has 1 aliphatic rings. The standard InChI is InChI=1S/C12H13N3O3/c1-6-4-7(5-18-6)10-14-9-8(12(16)17)2-3-13-11(9)15-10/h2-3,6-7H,4-5H2,1H3,(H,16,17)(H,13,14,15). The highest BCUT2D eigenvalue weighted by molar-refractivity contribution is 5.99.